The van der Waals surface area contributed by atoms with Gasteiger partial charge in [0.2, 0.25) is 0 Å². The van der Waals surface area contributed by atoms with Gasteiger partial charge in [0.25, 0.3) is 5.91 Å². The van der Waals surface area contributed by atoms with E-state index < -0.39 is 17.4 Å². The predicted molar refractivity (Wildman–Crippen MR) is 92.9 cm³/mol. The average Bonchev–Trinajstić information content (AvgIpc) is 2.93. The summed E-state index contributed by atoms with van der Waals surface area (Å²) in [6.07, 6.45) is 5.58. The summed E-state index contributed by atoms with van der Waals surface area (Å²) in [6, 6.07) is 0. The lowest BCUT2D eigenvalue weighted by molar-refractivity contribution is -0.146. The van der Waals surface area contributed by atoms with Gasteiger partial charge in [0, 0.05) is 17.7 Å². The quantitative estimate of drug-likeness (QED) is 0.780. The zero-order valence-electron chi connectivity index (χ0n) is 14.9. The Morgan fingerprint density at radius 1 is 1.28 bits per heavy atom. The highest BCUT2D eigenvalue weighted by Gasteiger charge is 2.43. The molecule has 1 heterocycles. The van der Waals surface area contributed by atoms with E-state index in [1.807, 2.05) is 0 Å². The molecule has 1 aromatic rings. The number of ketones is 1. The van der Waals surface area contributed by atoms with E-state index in [2.05, 4.69) is 17.2 Å². The van der Waals surface area contributed by atoms with Crippen LogP contribution in [-0.4, -0.2) is 33.3 Å². The van der Waals surface area contributed by atoms with E-state index in [4.69, 9.17) is 0 Å². The maximum Gasteiger partial charge on any atom is 0.329 e. The lowest BCUT2D eigenvalue weighted by atomic mass is 9.75. The third-order valence-electron chi connectivity index (χ3n) is 5.96. The highest BCUT2D eigenvalue weighted by molar-refractivity contribution is 6.05. The molecule has 136 valence electrons. The maximum atomic E-state index is 12.8. The number of aryl methyl sites for hydroxylation is 1. The standard InChI is InChI=1S/C19H26N2O4/c1-3-12-7-9-19(10-8-12,18(24)25)21-17(23)16-11(2)15-13(20-16)5-4-6-14(15)22/h12,20H,3-10H2,1-2H3,(H,21,23)(H,24,25). The summed E-state index contributed by atoms with van der Waals surface area (Å²) in [5, 5.41) is 12.5. The molecule has 1 saturated carbocycles. The van der Waals surface area contributed by atoms with Crippen molar-refractivity contribution in [3.8, 4) is 0 Å². The Bertz CT molecular complexity index is 711. The largest absolute Gasteiger partial charge is 0.480 e. The van der Waals surface area contributed by atoms with Gasteiger partial charge in [-0.1, -0.05) is 13.3 Å². The molecule has 1 amide bonds. The number of carbonyl (C=O) groups is 3. The molecule has 0 atom stereocenters. The van der Waals surface area contributed by atoms with Crippen LogP contribution in [0, 0.1) is 12.8 Å². The van der Waals surface area contributed by atoms with Gasteiger partial charge in [0.1, 0.15) is 11.2 Å². The monoisotopic (exact) mass is 346 g/mol. The molecule has 0 unspecified atom stereocenters. The molecule has 1 fully saturated rings. The third-order valence-corrected chi connectivity index (χ3v) is 5.96. The molecule has 25 heavy (non-hydrogen) atoms. The lowest BCUT2D eigenvalue weighted by Gasteiger charge is -2.37. The van der Waals surface area contributed by atoms with Gasteiger partial charge < -0.3 is 15.4 Å². The van der Waals surface area contributed by atoms with E-state index in [0.717, 1.165) is 37.8 Å². The number of rotatable bonds is 4. The number of hydrogen-bond acceptors (Lipinski definition) is 3. The van der Waals surface area contributed by atoms with Crippen molar-refractivity contribution in [2.45, 2.75) is 70.8 Å². The summed E-state index contributed by atoms with van der Waals surface area (Å²) >= 11 is 0. The Morgan fingerprint density at radius 3 is 2.52 bits per heavy atom. The second-order valence-corrected chi connectivity index (χ2v) is 7.45. The summed E-state index contributed by atoms with van der Waals surface area (Å²) in [6.45, 7) is 3.87. The van der Waals surface area contributed by atoms with Gasteiger partial charge in [-0.2, -0.15) is 0 Å². The van der Waals surface area contributed by atoms with Gasteiger partial charge in [0.05, 0.1) is 0 Å². The van der Waals surface area contributed by atoms with Gasteiger partial charge in [-0.3, -0.25) is 9.59 Å². The summed E-state index contributed by atoms with van der Waals surface area (Å²) in [5.74, 6) is -0.801. The fourth-order valence-corrected chi connectivity index (χ4v) is 4.25. The molecule has 0 aromatic carbocycles. The van der Waals surface area contributed by atoms with Crippen LogP contribution in [0.25, 0.3) is 0 Å². The van der Waals surface area contributed by atoms with Crippen LogP contribution in [0.15, 0.2) is 0 Å². The number of aromatic amines is 1. The number of H-pyrrole nitrogens is 1. The molecule has 0 spiro atoms. The Balaban J connectivity index is 1.84. The fourth-order valence-electron chi connectivity index (χ4n) is 4.25. The van der Waals surface area contributed by atoms with E-state index in [-0.39, 0.29) is 5.78 Å². The number of aromatic nitrogens is 1. The highest BCUT2D eigenvalue weighted by atomic mass is 16.4. The molecule has 0 saturated heterocycles. The van der Waals surface area contributed by atoms with Crippen LogP contribution in [0.5, 0.6) is 0 Å². The molecule has 3 N–H and O–H groups in total. The average molecular weight is 346 g/mol. The summed E-state index contributed by atoms with van der Waals surface area (Å²) < 4.78 is 0. The van der Waals surface area contributed by atoms with Crippen molar-refractivity contribution < 1.29 is 19.5 Å². The number of amides is 1. The number of nitrogens with one attached hydrogen (secondary N) is 2. The minimum atomic E-state index is -1.20. The van der Waals surface area contributed by atoms with Crippen molar-refractivity contribution in [3.05, 3.63) is 22.5 Å². The Hall–Kier alpha value is -2.11. The minimum Gasteiger partial charge on any atom is -0.480 e. The van der Waals surface area contributed by atoms with E-state index >= 15 is 0 Å². The second kappa shape index (κ2) is 6.65. The molecule has 0 radical (unpaired) electrons. The molecule has 1 aromatic heterocycles. The molecule has 2 aliphatic carbocycles. The smallest absolute Gasteiger partial charge is 0.329 e. The summed E-state index contributed by atoms with van der Waals surface area (Å²) in [4.78, 5) is 39.9. The zero-order chi connectivity index (χ0) is 18.2. The van der Waals surface area contributed by atoms with Gasteiger partial charge in [-0.25, -0.2) is 4.79 Å². The highest BCUT2D eigenvalue weighted by Crippen LogP contribution is 2.35. The summed E-state index contributed by atoms with van der Waals surface area (Å²) in [5.41, 5.74) is 1.19. The van der Waals surface area contributed by atoms with Crippen molar-refractivity contribution in [1.29, 1.82) is 0 Å². The number of hydrogen-bond donors (Lipinski definition) is 3. The predicted octanol–water partition coefficient (Wildman–Crippen LogP) is 3.00. The van der Waals surface area contributed by atoms with Crippen LogP contribution in [0.3, 0.4) is 0 Å². The first-order valence-electron chi connectivity index (χ1n) is 9.18. The number of Topliss-reactive ketones (excluding diaryl/α,β-unsaturated/α-hetero) is 1. The molecule has 0 bridgehead atoms. The molecule has 0 aliphatic heterocycles. The lowest BCUT2D eigenvalue weighted by Crippen LogP contribution is -2.56. The number of carboxylic acids is 1. The normalized spacial score (nSPS) is 26.2. The third kappa shape index (κ3) is 3.10. The van der Waals surface area contributed by atoms with Gasteiger partial charge >= 0.3 is 5.97 Å². The van der Waals surface area contributed by atoms with Gasteiger partial charge in [-0.05, 0) is 56.9 Å². The molecule has 6 nitrogen and oxygen atoms in total. The van der Waals surface area contributed by atoms with E-state index in [0.29, 0.717) is 42.0 Å². The Labute approximate surface area is 147 Å². The van der Waals surface area contributed by atoms with Crippen molar-refractivity contribution in [3.63, 3.8) is 0 Å². The van der Waals surface area contributed by atoms with Crippen molar-refractivity contribution in [2.24, 2.45) is 5.92 Å². The van der Waals surface area contributed by atoms with Crippen LogP contribution in [0.1, 0.15) is 84.0 Å². The van der Waals surface area contributed by atoms with Crippen LogP contribution < -0.4 is 5.32 Å². The number of carbonyl (C=O) groups excluding carboxylic acids is 2. The van der Waals surface area contributed by atoms with Crippen LogP contribution in [0.2, 0.25) is 0 Å². The first kappa shape index (κ1) is 17.7. The minimum absolute atomic E-state index is 0.0606. The molecule has 6 heteroatoms. The van der Waals surface area contributed by atoms with Crippen LogP contribution in [0.4, 0.5) is 0 Å². The SMILES string of the molecule is CCC1CCC(NC(=O)c2[nH]c3c(c2C)C(=O)CCC3)(C(=O)O)CC1. The topological polar surface area (TPSA) is 99.3 Å². The second-order valence-electron chi connectivity index (χ2n) is 7.45. The first-order chi connectivity index (χ1) is 11.9. The zero-order valence-corrected chi connectivity index (χ0v) is 14.9. The Kier molecular flexibility index (Phi) is 4.71. The maximum absolute atomic E-state index is 12.8. The molecular weight excluding hydrogens is 320 g/mol. The number of fused-ring (bicyclic) bond motifs is 1. The number of carboxylic acid groups (broad SMARTS) is 1. The van der Waals surface area contributed by atoms with E-state index in [1.165, 1.54) is 0 Å². The van der Waals surface area contributed by atoms with Crippen molar-refractivity contribution >= 4 is 17.7 Å². The number of aliphatic carboxylic acids is 1. The molecular formula is C19H26N2O4. The van der Waals surface area contributed by atoms with E-state index in [1.54, 1.807) is 6.92 Å². The van der Waals surface area contributed by atoms with Crippen LogP contribution >= 0.6 is 0 Å². The van der Waals surface area contributed by atoms with Crippen molar-refractivity contribution in [2.75, 3.05) is 0 Å². The van der Waals surface area contributed by atoms with Crippen LogP contribution in [-0.2, 0) is 11.2 Å². The van der Waals surface area contributed by atoms with E-state index in [9.17, 15) is 19.5 Å². The molecule has 2 aliphatic rings. The fraction of sp³-hybridized carbons (Fsp3) is 0.632. The van der Waals surface area contributed by atoms with Gasteiger partial charge in [-0.15, -0.1) is 0 Å². The Morgan fingerprint density at radius 2 is 1.96 bits per heavy atom. The first-order valence-corrected chi connectivity index (χ1v) is 9.18. The van der Waals surface area contributed by atoms with Crippen molar-refractivity contribution in [1.82, 2.24) is 10.3 Å². The molecule has 3 rings (SSSR count). The van der Waals surface area contributed by atoms with Gasteiger partial charge in [0.15, 0.2) is 5.78 Å². The summed E-state index contributed by atoms with van der Waals surface area (Å²) in [7, 11) is 0.